The van der Waals surface area contributed by atoms with Crippen molar-refractivity contribution in [3.05, 3.63) is 23.8 Å². The van der Waals surface area contributed by atoms with Crippen molar-refractivity contribution in [3.63, 3.8) is 0 Å². The lowest BCUT2D eigenvalue weighted by Crippen LogP contribution is -1.85. The molecule has 0 aliphatic rings. The lowest BCUT2D eigenvalue weighted by atomic mass is 10.2. The first-order chi connectivity index (χ1) is 7.63. The fraction of sp³-hybridized carbons (Fsp3) is 0.250. The summed E-state index contributed by atoms with van der Waals surface area (Å²) in [7, 11) is 1.49. The molecule has 0 spiro atoms. The summed E-state index contributed by atoms with van der Waals surface area (Å²) in [4.78, 5) is 10.6. The van der Waals surface area contributed by atoms with Crippen molar-refractivity contribution in [1.29, 1.82) is 0 Å². The molecule has 0 saturated carbocycles. The highest BCUT2D eigenvalue weighted by Crippen LogP contribution is 2.25. The van der Waals surface area contributed by atoms with E-state index in [1.165, 1.54) is 20.1 Å². The van der Waals surface area contributed by atoms with Crippen LogP contribution in [0.4, 0.5) is 0 Å². The second-order valence-corrected chi connectivity index (χ2v) is 4.12. The Kier molecular flexibility index (Phi) is 4.74. The molecule has 0 aliphatic heterocycles. The number of thioether (sulfide) groups is 1. The number of hydrogen-bond donors (Lipinski definition) is 1. The maximum absolute atomic E-state index is 10.6. The van der Waals surface area contributed by atoms with Crippen molar-refractivity contribution in [3.8, 4) is 23.3 Å². The number of methoxy groups -OCH3 is 1. The molecule has 1 aromatic rings. The van der Waals surface area contributed by atoms with Gasteiger partial charge in [0.15, 0.2) is 16.6 Å². The van der Waals surface area contributed by atoms with Crippen LogP contribution in [-0.4, -0.2) is 23.1 Å². The smallest absolute Gasteiger partial charge is 0.186 e. The Bertz CT molecular complexity index is 443. The lowest BCUT2D eigenvalue weighted by Gasteiger charge is -2.01. The van der Waals surface area contributed by atoms with Gasteiger partial charge in [0.2, 0.25) is 0 Å². The molecular formula is C12H12O3S. The summed E-state index contributed by atoms with van der Waals surface area (Å²) in [6.45, 7) is 1.51. The Morgan fingerprint density at radius 2 is 2.31 bits per heavy atom. The SMILES string of the molecule is COc1ccc(C#CCSC(C)=O)cc1O. The van der Waals surface area contributed by atoms with Crippen LogP contribution in [0.15, 0.2) is 18.2 Å². The van der Waals surface area contributed by atoms with E-state index in [9.17, 15) is 9.90 Å². The molecule has 84 valence electrons. The van der Waals surface area contributed by atoms with Crippen LogP contribution in [0.1, 0.15) is 12.5 Å². The standard InChI is InChI=1S/C12H12O3S/c1-9(13)16-7-3-4-10-5-6-12(15-2)11(14)8-10/h5-6,8,14H,7H2,1-2H3. The van der Waals surface area contributed by atoms with E-state index in [1.807, 2.05) is 0 Å². The number of hydrogen-bond acceptors (Lipinski definition) is 4. The quantitative estimate of drug-likeness (QED) is 0.798. The molecule has 0 atom stereocenters. The fourth-order valence-electron chi connectivity index (χ4n) is 1.04. The number of rotatable bonds is 2. The van der Waals surface area contributed by atoms with Crippen molar-refractivity contribution in [2.45, 2.75) is 6.92 Å². The molecule has 1 N–H and O–H groups in total. The predicted octanol–water partition coefficient (Wildman–Crippen LogP) is 2.03. The molecule has 0 amide bonds. The molecule has 0 saturated heterocycles. The van der Waals surface area contributed by atoms with E-state index in [2.05, 4.69) is 11.8 Å². The second-order valence-electron chi connectivity index (χ2n) is 2.97. The molecular weight excluding hydrogens is 224 g/mol. The maximum Gasteiger partial charge on any atom is 0.186 e. The van der Waals surface area contributed by atoms with Gasteiger partial charge in [-0.1, -0.05) is 23.6 Å². The summed E-state index contributed by atoms with van der Waals surface area (Å²) in [5.41, 5.74) is 0.697. The van der Waals surface area contributed by atoms with E-state index in [0.29, 0.717) is 17.1 Å². The Labute approximate surface area is 98.8 Å². The molecule has 0 bridgehead atoms. The van der Waals surface area contributed by atoms with Gasteiger partial charge in [-0.15, -0.1) is 0 Å². The Morgan fingerprint density at radius 3 is 2.88 bits per heavy atom. The number of ether oxygens (including phenoxy) is 1. The molecule has 1 aromatic carbocycles. The summed E-state index contributed by atoms with van der Waals surface area (Å²) < 4.78 is 4.91. The molecule has 0 heterocycles. The summed E-state index contributed by atoms with van der Waals surface area (Å²) in [5, 5.41) is 9.53. The normalized spacial score (nSPS) is 9.12. The zero-order chi connectivity index (χ0) is 12.0. The van der Waals surface area contributed by atoms with Gasteiger partial charge in [0.05, 0.1) is 12.9 Å². The average Bonchev–Trinajstić information content (AvgIpc) is 2.24. The van der Waals surface area contributed by atoms with Gasteiger partial charge >= 0.3 is 0 Å². The van der Waals surface area contributed by atoms with Crippen molar-refractivity contribution in [2.24, 2.45) is 0 Å². The minimum atomic E-state index is 0.0480. The summed E-state index contributed by atoms with van der Waals surface area (Å²) >= 11 is 1.16. The summed E-state index contributed by atoms with van der Waals surface area (Å²) in [6, 6.07) is 4.94. The third-order valence-corrected chi connectivity index (χ3v) is 2.45. The van der Waals surface area contributed by atoms with Crippen LogP contribution in [-0.2, 0) is 4.79 Å². The van der Waals surface area contributed by atoms with Crippen LogP contribution >= 0.6 is 11.8 Å². The molecule has 16 heavy (non-hydrogen) atoms. The van der Waals surface area contributed by atoms with E-state index in [-0.39, 0.29) is 10.9 Å². The van der Waals surface area contributed by atoms with Crippen LogP contribution in [0.5, 0.6) is 11.5 Å². The van der Waals surface area contributed by atoms with E-state index in [4.69, 9.17) is 4.74 Å². The highest BCUT2D eigenvalue weighted by atomic mass is 32.2. The zero-order valence-corrected chi connectivity index (χ0v) is 9.93. The number of carbonyl (C=O) groups excluding carboxylic acids is 1. The number of phenolic OH excluding ortho intramolecular Hbond substituents is 1. The maximum atomic E-state index is 10.6. The van der Waals surface area contributed by atoms with Gasteiger partial charge in [0.25, 0.3) is 0 Å². The number of carbonyl (C=O) groups is 1. The Morgan fingerprint density at radius 1 is 1.56 bits per heavy atom. The summed E-state index contributed by atoms with van der Waals surface area (Å²) in [5.74, 6) is 6.64. The van der Waals surface area contributed by atoms with Gasteiger partial charge in [-0.2, -0.15) is 0 Å². The number of phenols is 1. The monoisotopic (exact) mass is 236 g/mol. The van der Waals surface area contributed by atoms with Crippen molar-refractivity contribution in [1.82, 2.24) is 0 Å². The van der Waals surface area contributed by atoms with Gasteiger partial charge in [0, 0.05) is 12.5 Å². The topological polar surface area (TPSA) is 46.5 Å². The van der Waals surface area contributed by atoms with Gasteiger partial charge in [-0.05, 0) is 18.2 Å². The fourth-order valence-corrected chi connectivity index (χ4v) is 1.39. The molecule has 0 aliphatic carbocycles. The predicted molar refractivity (Wildman–Crippen MR) is 64.7 cm³/mol. The molecule has 3 nitrogen and oxygen atoms in total. The lowest BCUT2D eigenvalue weighted by molar-refractivity contribution is -0.109. The third kappa shape index (κ3) is 3.87. The number of aromatic hydroxyl groups is 1. The van der Waals surface area contributed by atoms with Gasteiger partial charge in [0.1, 0.15) is 0 Å². The van der Waals surface area contributed by atoms with Crippen LogP contribution in [0.3, 0.4) is 0 Å². The van der Waals surface area contributed by atoms with Crippen LogP contribution in [0.2, 0.25) is 0 Å². The zero-order valence-electron chi connectivity index (χ0n) is 9.11. The molecule has 0 aromatic heterocycles. The molecule has 1 rings (SSSR count). The van der Waals surface area contributed by atoms with E-state index in [1.54, 1.807) is 12.1 Å². The first-order valence-corrected chi connectivity index (χ1v) is 5.61. The Balaban J connectivity index is 2.67. The minimum Gasteiger partial charge on any atom is -0.504 e. The van der Waals surface area contributed by atoms with Crippen LogP contribution in [0.25, 0.3) is 0 Å². The highest BCUT2D eigenvalue weighted by Gasteiger charge is 1.99. The van der Waals surface area contributed by atoms with E-state index < -0.39 is 0 Å². The van der Waals surface area contributed by atoms with Gasteiger partial charge < -0.3 is 9.84 Å². The average molecular weight is 236 g/mol. The third-order valence-electron chi connectivity index (χ3n) is 1.76. The minimum absolute atomic E-state index is 0.0480. The van der Waals surface area contributed by atoms with E-state index >= 15 is 0 Å². The molecule has 0 fully saturated rings. The van der Waals surface area contributed by atoms with Gasteiger partial charge in [-0.3, -0.25) is 4.79 Å². The largest absolute Gasteiger partial charge is 0.504 e. The van der Waals surface area contributed by atoms with Crippen molar-refractivity contribution in [2.75, 3.05) is 12.9 Å². The van der Waals surface area contributed by atoms with Gasteiger partial charge in [-0.25, -0.2) is 0 Å². The Hall–Kier alpha value is -1.60. The summed E-state index contributed by atoms with van der Waals surface area (Å²) in [6.07, 6.45) is 0. The van der Waals surface area contributed by atoms with Crippen LogP contribution < -0.4 is 4.74 Å². The first-order valence-electron chi connectivity index (χ1n) is 4.62. The van der Waals surface area contributed by atoms with Crippen molar-refractivity contribution < 1.29 is 14.6 Å². The first kappa shape index (κ1) is 12.5. The highest BCUT2D eigenvalue weighted by molar-refractivity contribution is 8.13. The van der Waals surface area contributed by atoms with E-state index in [0.717, 1.165) is 11.8 Å². The molecule has 0 radical (unpaired) electrons. The second kappa shape index (κ2) is 6.09. The molecule has 4 heteroatoms. The molecule has 0 unspecified atom stereocenters. The van der Waals surface area contributed by atoms with Crippen LogP contribution in [0, 0.1) is 11.8 Å². The van der Waals surface area contributed by atoms with Crippen molar-refractivity contribution >= 4 is 16.9 Å². The number of benzene rings is 1.